The maximum atomic E-state index is 3.46. The molecule has 3 aliphatic rings. The normalized spacial score (nSPS) is 32.6. The third kappa shape index (κ3) is 1.58. The maximum Gasteiger partial charge on any atom is 0.00516 e. The van der Waals surface area contributed by atoms with Crippen molar-refractivity contribution in [2.45, 2.75) is 12.8 Å². The lowest BCUT2D eigenvalue weighted by Crippen LogP contribution is -2.62. The second-order valence-corrected chi connectivity index (χ2v) is 5.44. The minimum Gasteiger partial charge on any atom is -0.317 e. The van der Waals surface area contributed by atoms with Gasteiger partial charge in [-0.3, -0.25) is 0 Å². The van der Waals surface area contributed by atoms with Crippen LogP contribution in [0.5, 0.6) is 0 Å². The third-order valence-corrected chi connectivity index (χ3v) is 4.16. The summed E-state index contributed by atoms with van der Waals surface area (Å²) in [6.07, 6.45) is 2.82. The van der Waals surface area contributed by atoms with E-state index in [0.29, 0.717) is 0 Å². The molecule has 0 bridgehead atoms. The van der Waals surface area contributed by atoms with Crippen LogP contribution < -0.4 is 10.6 Å². The van der Waals surface area contributed by atoms with E-state index in [2.05, 4.69) is 15.5 Å². The van der Waals surface area contributed by atoms with Gasteiger partial charge in [0.2, 0.25) is 0 Å². The molecular weight excluding hydrogens is 174 g/mol. The van der Waals surface area contributed by atoms with Gasteiger partial charge in [0.05, 0.1) is 0 Å². The van der Waals surface area contributed by atoms with Gasteiger partial charge >= 0.3 is 0 Å². The SMILES string of the molecule is C1CC2(CCN1)CN(CC1CNC1)C2. The molecule has 0 aliphatic carbocycles. The minimum absolute atomic E-state index is 0.725. The first-order valence-corrected chi connectivity index (χ1v) is 6.00. The lowest BCUT2D eigenvalue weighted by molar-refractivity contribution is -0.0354. The highest BCUT2D eigenvalue weighted by Gasteiger charge is 2.43. The average Bonchev–Trinajstić information content (AvgIpc) is 2.10. The van der Waals surface area contributed by atoms with Crippen LogP contribution in [0.15, 0.2) is 0 Å². The van der Waals surface area contributed by atoms with Gasteiger partial charge in [0.25, 0.3) is 0 Å². The van der Waals surface area contributed by atoms with Crippen molar-refractivity contribution in [1.29, 1.82) is 0 Å². The molecule has 3 aliphatic heterocycles. The molecule has 1 spiro atoms. The summed E-state index contributed by atoms with van der Waals surface area (Å²) < 4.78 is 0. The van der Waals surface area contributed by atoms with Crippen LogP contribution in [0.4, 0.5) is 0 Å². The van der Waals surface area contributed by atoms with Crippen LogP contribution in [-0.4, -0.2) is 50.7 Å². The van der Waals surface area contributed by atoms with Gasteiger partial charge in [0.1, 0.15) is 0 Å². The van der Waals surface area contributed by atoms with Crippen molar-refractivity contribution in [3.8, 4) is 0 Å². The van der Waals surface area contributed by atoms with Crippen LogP contribution in [0.25, 0.3) is 0 Å². The Bertz CT molecular complexity index is 199. The van der Waals surface area contributed by atoms with Crippen LogP contribution in [0.2, 0.25) is 0 Å². The Hall–Kier alpha value is -0.120. The molecule has 0 radical (unpaired) electrons. The van der Waals surface area contributed by atoms with Crippen molar-refractivity contribution in [2.75, 3.05) is 45.8 Å². The van der Waals surface area contributed by atoms with Crippen LogP contribution in [-0.2, 0) is 0 Å². The molecule has 3 fully saturated rings. The zero-order chi connectivity index (χ0) is 9.43. The zero-order valence-electron chi connectivity index (χ0n) is 8.89. The van der Waals surface area contributed by atoms with Gasteiger partial charge in [-0.2, -0.15) is 0 Å². The number of hydrogen-bond acceptors (Lipinski definition) is 3. The highest BCUT2D eigenvalue weighted by molar-refractivity contribution is 4.98. The Morgan fingerprint density at radius 3 is 2.36 bits per heavy atom. The number of rotatable bonds is 2. The molecule has 14 heavy (non-hydrogen) atoms. The largest absolute Gasteiger partial charge is 0.317 e. The Morgan fingerprint density at radius 2 is 1.79 bits per heavy atom. The predicted molar refractivity (Wildman–Crippen MR) is 57.3 cm³/mol. The minimum atomic E-state index is 0.725. The van der Waals surface area contributed by atoms with Gasteiger partial charge in [0, 0.05) is 32.7 Å². The van der Waals surface area contributed by atoms with Crippen LogP contribution in [0, 0.1) is 11.3 Å². The molecule has 3 heteroatoms. The van der Waals surface area contributed by atoms with Crippen molar-refractivity contribution in [2.24, 2.45) is 11.3 Å². The van der Waals surface area contributed by atoms with Crippen LogP contribution in [0.1, 0.15) is 12.8 Å². The topological polar surface area (TPSA) is 27.3 Å². The second kappa shape index (κ2) is 3.47. The Labute approximate surface area is 86.2 Å². The van der Waals surface area contributed by atoms with E-state index >= 15 is 0 Å². The van der Waals surface area contributed by atoms with Gasteiger partial charge in [0.15, 0.2) is 0 Å². The molecule has 80 valence electrons. The van der Waals surface area contributed by atoms with Gasteiger partial charge in [-0.25, -0.2) is 0 Å². The first kappa shape index (κ1) is 9.13. The number of nitrogens with zero attached hydrogens (tertiary/aromatic N) is 1. The van der Waals surface area contributed by atoms with Crippen molar-refractivity contribution >= 4 is 0 Å². The molecule has 0 aromatic carbocycles. The van der Waals surface area contributed by atoms with Gasteiger partial charge in [-0.1, -0.05) is 0 Å². The summed E-state index contributed by atoms with van der Waals surface area (Å²) >= 11 is 0. The number of hydrogen-bond donors (Lipinski definition) is 2. The highest BCUT2D eigenvalue weighted by atomic mass is 15.2. The summed E-state index contributed by atoms with van der Waals surface area (Å²) in [5, 5.41) is 6.81. The van der Waals surface area contributed by atoms with E-state index in [-0.39, 0.29) is 0 Å². The fraction of sp³-hybridized carbons (Fsp3) is 1.00. The maximum absolute atomic E-state index is 3.46. The summed E-state index contributed by atoms with van der Waals surface area (Å²) in [6.45, 7) is 9.12. The van der Waals surface area contributed by atoms with E-state index in [1.54, 1.807) is 0 Å². The smallest absolute Gasteiger partial charge is 0.00516 e. The van der Waals surface area contributed by atoms with Crippen molar-refractivity contribution in [3.05, 3.63) is 0 Å². The second-order valence-electron chi connectivity index (χ2n) is 5.44. The monoisotopic (exact) mass is 195 g/mol. The van der Waals surface area contributed by atoms with E-state index in [0.717, 1.165) is 11.3 Å². The first-order valence-electron chi connectivity index (χ1n) is 6.00. The first-order chi connectivity index (χ1) is 6.86. The zero-order valence-corrected chi connectivity index (χ0v) is 8.89. The number of likely N-dealkylation sites (tertiary alicyclic amines) is 1. The Balaban J connectivity index is 1.44. The predicted octanol–water partition coefficient (Wildman–Crippen LogP) is -0.109. The van der Waals surface area contributed by atoms with Crippen LogP contribution >= 0.6 is 0 Å². The van der Waals surface area contributed by atoms with Crippen molar-refractivity contribution in [3.63, 3.8) is 0 Å². The Kier molecular flexibility index (Phi) is 2.26. The number of nitrogens with one attached hydrogen (secondary N) is 2. The molecule has 0 unspecified atom stereocenters. The Morgan fingerprint density at radius 1 is 1.07 bits per heavy atom. The highest BCUT2D eigenvalue weighted by Crippen LogP contribution is 2.38. The molecule has 0 atom stereocenters. The third-order valence-electron chi connectivity index (χ3n) is 4.16. The molecule has 3 nitrogen and oxygen atoms in total. The van der Waals surface area contributed by atoms with E-state index in [4.69, 9.17) is 0 Å². The van der Waals surface area contributed by atoms with Crippen LogP contribution in [0.3, 0.4) is 0 Å². The molecule has 3 heterocycles. The van der Waals surface area contributed by atoms with Gasteiger partial charge < -0.3 is 15.5 Å². The molecular formula is C11H21N3. The molecule has 3 saturated heterocycles. The summed E-state index contributed by atoms with van der Waals surface area (Å²) in [4.78, 5) is 2.66. The van der Waals surface area contributed by atoms with Gasteiger partial charge in [-0.05, 0) is 37.3 Å². The van der Waals surface area contributed by atoms with Gasteiger partial charge in [-0.15, -0.1) is 0 Å². The van der Waals surface area contributed by atoms with E-state index in [1.807, 2.05) is 0 Å². The van der Waals surface area contributed by atoms with Crippen molar-refractivity contribution in [1.82, 2.24) is 15.5 Å². The molecule has 3 rings (SSSR count). The summed E-state index contributed by atoms with van der Waals surface area (Å²) in [7, 11) is 0. The quantitative estimate of drug-likeness (QED) is 0.644. The fourth-order valence-electron chi connectivity index (χ4n) is 3.15. The summed E-state index contributed by atoms with van der Waals surface area (Å²) in [6, 6.07) is 0. The van der Waals surface area contributed by atoms with E-state index in [1.165, 1.54) is 58.7 Å². The fourth-order valence-corrected chi connectivity index (χ4v) is 3.15. The lowest BCUT2D eigenvalue weighted by Gasteiger charge is -2.54. The number of piperidine rings is 1. The summed E-state index contributed by atoms with van der Waals surface area (Å²) in [5.41, 5.74) is 0.725. The van der Waals surface area contributed by atoms with E-state index in [9.17, 15) is 0 Å². The average molecular weight is 195 g/mol. The molecule has 0 aromatic heterocycles. The lowest BCUT2D eigenvalue weighted by atomic mass is 9.72. The molecule has 0 amide bonds. The van der Waals surface area contributed by atoms with Crippen molar-refractivity contribution < 1.29 is 0 Å². The molecule has 2 N–H and O–H groups in total. The standard InChI is InChI=1S/C11H21N3/c1-3-12-4-2-11(1)8-14(9-11)7-10-5-13-6-10/h10,12-13H,1-9H2. The summed E-state index contributed by atoms with van der Waals surface area (Å²) in [5.74, 6) is 0.953. The molecule has 0 aromatic rings. The van der Waals surface area contributed by atoms with E-state index < -0.39 is 0 Å². The molecule has 0 saturated carbocycles.